The summed E-state index contributed by atoms with van der Waals surface area (Å²) in [6, 6.07) is 4.17. The molecular formula is C14H21FN4O2. The van der Waals surface area contributed by atoms with Gasteiger partial charge in [-0.15, -0.1) is 0 Å². The lowest BCUT2D eigenvalue weighted by atomic mass is 9.92. The maximum atomic E-state index is 13.5. The average Bonchev–Trinajstić information content (AvgIpc) is 2.44. The minimum atomic E-state index is -0.573. The van der Waals surface area contributed by atoms with Gasteiger partial charge in [0.1, 0.15) is 5.82 Å². The number of benzene rings is 1. The molecule has 21 heavy (non-hydrogen) atoms. The maximum Gasteiger partial charge on any atom is 0.226 e. The van der Waals surface area contributed by atoms with E-state index in [4.69, 9.17) is 10.9 Å². The summed E-state index contributed by atoms with van der Waals surface area (Å²) in [5.41, 5.74) is 5.82. The van der Waals surface area contributed by atoms with E-state index in [1.54, 1.807) is 13.1 Å². The molecule has 116 valence electrons. The van der Waals surface area contributed by atoms with Crippen molar-refractivity contribution in [3.8, 4) is 0 Å². The second-order valence-electron chi connectivity index (χ2n) is 5.40. The lowest BCUT2D eigenvalue weighted by Crippen LogP contribution is -2.41. The van der Waals surface area contributed by atoms with E-state index in [1.807, 2.05) is 13.8 Å². The molecule has 0 aliphatic heterocycles. The van der Waals surface area contributed by atoms with Crippen LogP contribution in [-0.4, -0.2) is 30.5 Å². The van der Waals surface area contributed by atoms with Gasteiger partial charge in [0.15, 0.2) is 5.84 Å². The smallest absolute Gasteiger partial charge is 0.226 e. The fourth-order valence-corrected chi connectivity index (χ4v) is 1.90. The molecule has 7 heteroatoms. The van der Waals surface area contributed by atoms with Crippen LogP contribution in [0.25, 0.3) is 0 Å². The standard InChI is InChI=1S/C14H21FN4O2/c1-14(2,13(20)17-3)8-18-7-9-4-10(12(16)19-21)6-11(15)5-9/h4-6,18,21H,7-8H2,1-3H3,(H2,16,19)(H,17,20). The van der Waals surface area contributed by atoms with E-state index in [9.17, 15) is 9.18 Å². The number of amidine groups is 1. The third-order valence-electron chi connectivity index (χ3n) is 3.10. The molecule has 0 fully saturated rings. The number of carbonyl (C=O) groups excluding carboxylic acids is 1. The molecule has 1 amide bonds. The number of rotatable bonds is 6. The van der Waals surface area contributed by atoms with Crippen LogP contribution in [0.15, 0.2) is 23.4 Å². The average molecular weight is 296 g/mol. The minimum absolute atomic E-state index is 0.0772. The summed E-state index contributed by atoms with van der Waals surface area (Å²) in [6.07, 6.45) is 0. The van der Waals surface area contributed by atoms with Crippen molar-refractivity contribution in [1.82, 2.24) is 10.6 Å². The highest BCUT2D eigenvalue weighted by Crippen LogP contribution is 2.14. The fourth-order valence-electron chi connectivity index (χ4n) is 1.90. The van der Waals surface area contributed by atoms with E-state index >= 15 is 0 Å². The van der Waals surface area contributed by atoms with Crippen molar-refractivity contribution >= 4 is 11.7 Å². The van der Waals surface area contributed by atoms with Gasteiger partial charge in [-0.25, -0.2) is 4.39 Å². The zero-order valence-corrected chi connectivity index (χ0v) is 12.4. The predicted molar refractivity (Wildman–Crippen MR) is 78.5 cm³/mol. The molecule has 1 aromatic carbocycles. The molecule has 0 unspecified atom stereocenters. The lowest BCUT2D eigenvalue weighted by Gasteiger charge is -2.23. The normalized spacial score (nSPS) is 12.3. The van der Waals surface area contributed by atoms with Crippen molar-refractivity contribution in [2.75, 3.05) is 13.6 Å². The molecule has 0 aromatic heterocycles. The summed E-state index contributed by atoms with van der Waals surface area (Å²) in [7, 11) is 1.58. The molecule has 0 saturated heterocycles. The first kappa shape index (κ1) is 16.9. The highest BCUT2D eigenvalue weighted by atomic mass is 19.1. The van der Waals surface area contributed by atoms with Crippen LogP contribution >= 0.6 is 0 Å². The highest BCUT2D eigenvalue weighted by molar-refractivity contribution is 5.97. The molecule has 0 atom stereocenters. The number of hydrogen-bond donors (Lipinski definition) is 4. The quantitative estimate of drug-likeness (QED) is 0.270. The van der Waals surface area contributed by atoms with Crippen molar-refractivity contribution in [2.24, 2.45) is 16.3 Å². The van der Waals surface area contributed by atoms with Crippen LogP contribution in [-0.2, 0) is 11.3 Å². The van der Waals surface area contributed by atoms with Gasteiger partial charge in [-0.3, -0.25) is 4.79 Å². The fraction of sp³-hybridized carbons (Fsp3) is 0.429. The van der Waals surface area contributed by atoms with Crippen molar-refractivity contribution in [3.05, 3.63) is 35.1 Å². The first-order valence-electron chi connectivity index (χ1n) is 6.50. The molecule has 5 N–H and O–H groups in total. The summed E-state index contributed by atoms with van der Waals surface area (Å²) in [4.78, 5) is 11.6. The number of halogens is 1. The summed E-state index contributed by atoms with van der Waals surface area (Å²) < 4.78 is 13.5. The van der Waals surface area contributed by atoms with E-state index in [-0.39, 0.29) is 11.7 Å². The Kier molecular flexibility index (Phi) is 5.66. The molecule has 0 bridgehead atoms. The molecule has 0 saturated carbocycles. The summed E-state index contributed by atoms with van der Waals surface area (Å²) in [6.45, 7) is 4.42. The van der Waals surface area contributed by atoms with E-state index in [0.29, 0.717) is 24.2 Å². The molecule has 0 aliphatic carbocycles. The number of hydrogen-bond acceptors (Lipinski definition) is 4. The van der Waals surface area contributed by atoms with Crippen molar-refractivity contribution in [3.63, 3.8) is 0 Å². The Hall–Kier alpha value is -2.15. The zero-order chi connectivity index (χ0) is 16.0. The minimum Gasteiger partial charge on any atom is -0.409 e. The second kappa shape index (κ2) is 7.03. The number of nitrogens with one attached hydrogen (secondary N) is 2. The van der Waals surface area contributed by atoms with Crippen LogP contribution < -0.4 is 16.4 Å². The first-order valence-corrected chi connectivity index (χ1v) is 6.50. The summed E-state index contributed by atoms with van der Waals surface area (Å²) in [5.74, 6) is -0.700. The van der Waals surface area contributed by atoms with Crippen LogP contribution in [0.5, 0.6) is 0 Å². The third-order valence-corrected chi connectivity index (χ3v) is 3.10. The number of oxime groups is 1. The lowest BCUT2D eigenvalue weighted by molar-refractivity contribution is -0.128. The van der Waals surface area contributed by atoms with E-state index in [2.05, 4.69) is 15.8 Å². The Balaban J connectivity index is 2.72. The molecule has 1 aromatic rings. The maximum absolute atomic E-state index is 13.5. The molecule has 0 spiro atoms. The van der Waals surface area contributed by atoms with Gasteiger partial charge in [0.05, 0.1) is 5.41 Å². The topological polar surface area (TPSA) is 99.7 Å². The van der Waals surface area contributed by atoms with Gasteiger partial charge in [-0.2, -0.15) is 0 Å². The number of amides is 1. The predicted octanol–water partition coefficient (Wildman–Crippen LogP) is 0.782. The van der Waals surface area contributed by atoms with Crippen molar-refractivity contribution < 1.29 is 14.4 Å². The Morgan fingerprint density at radius 1 is 1.43 bits per heavy atom. The summed E-state index contributed by atoms with van der Waals surface area (Å²) >= 11 is 0. The van der Waals surface area contributed by atoms with Crippen LogP contribution in [0.2, 0.25) is 0 Å². The van der Waals surface area contributed by atoms with Gasteiger partial charge in [0.2, 0.25) is 5.91 Å². The molecule has 1 rings (SSSR count). The number of nitrogens with zero attached hydrogens (tertiary/aromatic N) is 1. The first-order chi connectivity index (χ1) is 9.80. The molecule has 0 aliphatic rings. The van der Waals surface area contributed by atoms with Gasteiger partial charge in [-0.1, -0.05) is 5.16 Å². The highest BCUT2D eigenvalue weighted by Gasteiger charge is 2.25. The zero-order valence-electron chi connectivity index (χ0n) is 12.4. The molecule has 0 radical (unpaired) electrons. The Morgan fingerprint density at radius 3 is 2.67 bits per heavy atom. The van der Waals surface area contributed by atoms with Gasteiger partial charge >= 0.3 is 0 Å². The van der Waals surface area contributed by atoms with Gasteiger partial charge < -0.3 is 21.6 Å². The largest absolute Gasteiger partial charge is 0.409 e. The van der Waals surface area contributed by atoms with Gasteiger partial charge in [0, 0.05) is 25.7 Å². The SMILES string of the molecule is CNC(=O)C(C)(C)CNCc1cc(F)cc(/C(N)=N/O)c1. The van der Waals surface area contributed by atoms with Crippen LogP contribution in [0.4, 0.5) is 4.39 Å². The van der Waals surface area contributed by atoms with E-state index < -0.39 is 11.2 Å². The van der Waals surface area contributed by atoms with Crippen molar-refractivity contribution in [2.45, 2.75) is 20.4 Å². The number of carbonyl (C=O) groups is 1. The van der Waals surface area contributed by atoms with Crippen LogP contribution in [0, 0.1) is 11.2 Å². The van der Waals surface area contributed by atoms with Crippen LogP contribution in [0.1, 0.15) is 25.0 Å². The molecular weight excluding hydrogens is 275 g/mol. The monoisotopic (exact) mass is 296 g/mol. The Morgan fingerprint density at radius 2 is 2.10 bits per heavy atom. The van der Waals surface area contributed by atoms with Crippen LogP contribution in [0.3, 0.4) is 0 Å². The van der Waals surface area contributed by atoms with E-state index in [0.717, 1.165) is 0 Å². The molecule has 6 nitrogen and oxygen atoms in total. The Labute approximate surface area is 123 Å². The number of nitrogens with two attached hydrogens (primary N) is 1. The van der Waals surface area contributed by atoms with E-state index in [1.165, 1.54) is 12.1 Å². The summed E-state index contributed by atoms with van der Waals surface area (Å²) in [5, 5.41) is 17.2. The second-order valence-corrected chi connectivity index (χ2v) is 5.40. The molecule has 0 heterocycles. The van der Waals surface area contributed by atoms with Crippen molar-refractivity contribution in [1.29, 1.82) is 0 Å². The third kappa shape index (κ3) is 4.71. The Bertz CT molecular complexity index is 544. The van der Waals surface area contributed by atoms with Gasteiger partial charge in [0.25, 0.3) is 0 Å². The van der Waals surface area contributed by atoms with Gasteiger partial charge in [-0.05, 0) is 37.6 Å².